The summed E-state index contributed by atoms with van der Waals surface area (Å²) < 4.78 is 18.9. The third-order valence-corrected chi connectivity index (χ3v) is 6.80. The molecule has 0 N–H and O–H groups in total. The predicted octanol–water partition coefficient (Wildman–Crippen LogP) is 5.00. The first-order valence-corrected chi connectivity index (χ1v) is 8.31. The average molecular weight is 298 g/mol. The maximum Gasteiger partial charge on any atom is 0.253 e. The number of para-hydroxylation sites is 1. The summed E-state index contributed by atoms with van der Waals surface area (Å²) in [6, 6.07) is 9.15. The molecular formula is C16H27O3P. The van der Waals surface area contributed by atoms with Crippen molar-refractivity contribution in [2.75, 3.05) is 6.16 Å². The molecule has 0 saturated carbocycles. The van der Waals surface area contributed by atoms with Crippen molar-refractivity contribution in [1.82, 2.24) is 0 Å². The summed E-state index contributed by atoms with van der Waals surface area (Å²) in [7, 11) is -2.96. The zero-order valence-electron chi connectivity index (χ0n) is 12.3. The number of ketones is 1. The summed E-state index contributed by atoms with van der Waals surface area (Å²) >= 11 is 0. The van der Waals surface area contributed by atoms with Crippen LogP contribution in [0.3, 0.4) is 0 Å². The Labute approximate surface area is 123 Å². The Balaban J connectivity index is 0.00000361. The topological polar surface area (TPSA) is 43.4 Å². The van der Waals surface area contributed by atoms with Gasteiger partial charge in [-0.3, -0.25) is 9.36 Å². The molecule has 0 aliphatic rings. The Kier molecular flexibility index (Phi) is 6.70. The molecule has 4 heteroatoms. The summed E-state index contributed by atoms with van der Waals surface area (Å²) in [4.78, 5) is 11.4. The Hall–Kier alpha value is -1.08. The van der Waals surface area contributed by atoms with Gasteiger partial charge in [-0.15, -0.1) is 0 Å². The summed E-state index contributed by atoms with van der Waals surface area (Å²) in [6.45, 7) is 9.01. The van der Waals surface area contributed by atoms with E-state index < -0.39 is 12.5 Å². The lowest BCUT2D eigenvalue weighted by Crippen LogP contribution is -2.25. The number of benzene rings is 1. The summed E-state index contributed by atoms with van der Waals surface area (Å²) in [5.41, 5.74) is 0. The van der Waals surface area contributed by atoms with E-state index in [4.69, 9.17) is 4.52 Å². The van der Waals surface area contributed by atoms with E-state index in [0.717, 1.165) is 0 Å². The number of carbonyl (C=O) groups is 1. The van der Waals surface area contributed by atoms with Gasteiger partial charge in [0.15, 0.2) is 0 Å². The van der Waals surface area contributed by atoms with Crippen molar-refractivity contribution in [3.8, 4) is 5.75 Å². The molecule has 0 aliphatic heterocycles. The molecule has 0 aliphatic carbocycles. The van der Waals surface area contributed by atoms with Crippen LogP contribution in [0.1, 0.15) is 42.0 Å². The quantitative estimate of drug-likeness (QED) is 0.718. The largest absolute Gasteiger partial charge is 0.442 e. The third kappa shape index (κ3) is 4.79. The molecule has 1 aromatic carbocycles. The molecule has 0 radical (unpaired) electrons. The van der Waals surface area contributed by atoms with Gasteiger partial charge >= 0.3 is 0 Å². The molecule has 0 spiro atoms. The van der Waals surface area contributed by atoms with Crippen LogP contribution < -0.4 is 4.52 Å². The van der Waals surface area contributed by atoms with Crippen molar-refractivity contribution in [2.24, 2.45) is 5.92 Å². The molecule has 0 bridgehead atoms. The second-order valence-corrected chi connectivity index (χ2v) is 9.18. The fraction of sp³-hybridized carbons (Fsp3) is 0.562. The van der Waals surface area contributed by atoms with Gasteiger partial charge in [-0.05, 0) is 19.1 Å². The molecule has 0 fully saturated rings. The second-order valence-electron chi connectivity index (χ2n) is 5.94. The number of rotatable bonds is 5. The maximum absolute atomic E-state index is 13.1. The van der Waals surface area contributed by atoms with Crippen LogP contribution in [0, 0.1) is 5.92 Å². The SMILES string of the molecule is C.CC(=O)[C@@H](C)CP(=O)(Oc1ccccc1)C(C)(C)C. The highest BCUT2D eigenvalue weighted by Gasteiger charge is 2.41. The van der Waals surface area contributed by atoms with Crippen molar-refractivity contribution < 1.29 is 13.9 Å². The van der Waals surface area contributed by atoms with E-state index in [-0.39, 0.29) is 25.3 Å². The standard InChI is InChI=1S/C15H23O3P.CH4/c1-12(13(2)16)11-19(17,15(3,4)5)18-14-9-7-6-8-10-14;/h6-10,12H,11H2,1-5H3;1H4/t12-,19?;/m0./s1. The van der Waals surface area contributed by atoms with Crippen molar-refractivity contribution in [3.63, 3.8) is 0 Å². The van der Waals surface area contributed by atoms with Gasteiger partial charge in [0.05, 0.1) is 0 Å². The summed E-state index contributed by atoms with van der Waals surface area (Å²) in [5, 5.41) is -0.494. The van der Waals surface area contributed by atoms with Crippen LogP contribution >= 0.6 is 7.37 Å². The molecular weight excluding hydrogens is 271 g/mol. The van der Waals surface area contributed by atoms with Gasteiger partial charge in [-0.25, -0.2) is 0 Å². The van der Waals surface area contributed by atoms with Crippen LogP contribution in [0.4, 0.5) is 0 Å². The summed E-state index contributed by atoms with van der Waals surface area (Å²) in [6.07, 6.45) is 0.278. The third-order valence-electron chi connectivity index (χ3n) is 3.23. The van der Waals surface area contributed by atoms with Gasteiger partial charge < -0.3 is 4.52 Å². The van der Waals surface area contributed by atoms with Gasteiger partial charge in [-0.2, -0.15) is 0 Å². The number of hydrogen-bond acceptors (Lipinski definition) is 3. The van der Waals surface area contributed by atoms with Gasteiger partial charge in [0.1, 0.15) is 11.5 Å². The highest BCUT2D eigenvalue weighted by Crippen LogP contribution is 2.59. The molecule has 1 aromatic rings. The van der Waals surface area contributed by atoms with Crippen LogP contribution in [0.25, 0.3) is 0 Å². The van der Waals surface area contributed by atoms with Crippen LogP contribution in [0.15, 0.2) is 30.3 Å². The van der Waals surface area contributed by atoms with Crippen LogP contribution in [0.2, 0.25) is 0 Å². The molecule has 0 heterocycles. The second kappa shape index (κ2) is 7.08. The maximum atomic E-state index is 13.1. The van der Waals surface area contributed by atoms with E-state index in [1.807, 2.05) is 39.0 Å². The van der Waals surface area contributed by atoms with E-state index in [1.165, 1.54) is 6.92 Å². The average Bonchev–Trinajstić information content (AvgIpc) is 2.28. The zero-order chi connectivity index (χ0) is 14.7. The minimum atomic E-state index is -2.96. The lowest BCUT2D eigenvalue weighted by Gasteiger charge is -2.32. The van der Waals surface area contributed by atoms with Gasteiger partial charge in [0, 0.05) is 17.2 Å². The van der Waals surface area contributed by atoms with Crippen molar-refractivity contribution in [2.45, 2.75) is 47.2 Å². The first-order chi connectivity index (χ1) is 8.66. The monoisotopic (exact) mass is 298 g/mol. The number of carbonyl (C=O) groups excluding carboxylic acids is 1. The van der Waals surface area contributed by atoms with Crippen LogP contribution in [0.5, 0.6) is 5.75 Å². The Morgan fingerprint density at radius 1 is 1.25 bits per heavy atom. The fourth-order valence-corrected chi connectivity index (χ4v) is 3.93. The van der Waals surface area contributed by atoms with E-state index in [0.29, 0.717) is 5.75 Å². The molecule has 114 valence electrons. The van der Waals surface area contributed by atoms with E-state index in [2.05, 4.69) is 0 Å². The summed E-state index contributed by atoms with van der Waals surface area (Å²) in [5.74, 6) is 0.381. The normalized spacial score (nSPS) is 15.7. The first kappa shape index (κ1) is 18.9. The molecule has 20 heavy (non-hydrogen) atoms. The molecule has 0 saturated heterocycles. The Morgan fingerprint density at radius 3 is 2.15 bits per heavy atom. The highest BCUT2D eigenvalue weighted by molar-refractivity contribution is 7.61. The Bertz CT molecular complexity index is 474. The molecule has 0 aromatic heterocycles. The van der Waals surface area contributed by atoms with E-state index in [1.54, 1.807) is 19.1 Å². The van der Waals surface area contributed by atoms with Crippen LogP contribution in [-0.2, 0) is 9.36 Å². The van der Waals surface area contributed by atoms with Crippen molar-refractivity contribution in [1.29, 1.82) is 0 Å². The minimum absolute atomic E-state index is 0. The van der Waals surface area contributed by atoms with Crippen molar-refractivity contribution in [3.05, 3.63) is 30.3 Å². The van der Waals surface area contributed by atoms with Gasteiger partial charge in [0.2, 0.25) is 0 Å². The van der Waals surface area contributed by atoms with Crippen LogP contribution in [-0.4, -0.2) is 17.1 Å². The molecule has 1 rings (SSSR count). The van der Waals surface area contributed by atoms with Crippen molar-refractivity contribution >= 4 is 13.2 Å². The highest BCUT2D eigenvalue weighted by atomic mass is 31.2. The molecule has 0 amide bonds. The minimum Gasteiger partial charge on any atom is -0.442 e. The first-order valence-electron chi connectivity index (χ1n) is 6.50. The lowest BCUT2D eigenvalue weighted by atomic mass is 10.1. The lowest BCUT2D eigenvalue weighted by molar-refractivity contribution is -0.119. The number of hydrogen-bond donors (Lipinski definition) is 0. The fourth-order valence-electron chi connectivity index (χ4n) is 1.59. The molecule has 1 unspecified atom stereocenters. The Morgan fingerprint density at radius 2 is 1.75 bits per heavy atom. The zero-order valence-corrected chi connectivity index (χ0v) is 13.2. The predicted molar refractivity (Wildman–Crippen MR) is 85.9 cm³/mol. The molecule has 3 nitrogen and oxygen atoms in total. The molecule has 2 atom stereocenters. The van der Waals surface area contributed by atoms with E-state index >= 15 is 0 Å². The van der Waals surface area contributed by atoms with E-state index in [9.17, 15) is 9.36 Å². The smallest absolute Gasteiger partial charge is 0.253 e. The van der Waals surface area contributed by atoms with Gasteiger partial charge in [0.25, 0.3) is 7.37 Å². The van der Waals surface area contributed by atoms with Gasteiger partial charge in [-0.1, -0.05) is 53.3 Å². The number of Topliss-reactive ketones (excluding diaryl/α,β-unsaturated/α-hetero) is 1.